The van der Waals surface area contributed by atoms with E-state index in [4.69, 9.17) is 5.73 Å². The molecule has 0 saturated carbocycles. The van der Waals surface area contributed by atoms with Crippen molar-refractivity contribution in [3.8, 4) is 0 Å². The molecular weight excluding hydrogens is 235 g/mol. The Kier molecular flexibility index (Phi) is 2.97. The van der Waals surface area contributed by atoms with Crippen LogP contribution in [0.2, 0.25) is 0 Å². The second kappa shape index (κ2) is 4.44. The lowest BCUT2D eigenvalue weighted by Crippen LogP contribution is -2.28. The molecule has 1 heterocycles. The van der Waals surface area contributed by atoms with Crippen molar-refractivity contribution in [2.24, 2.45) is 5.73 Å². The molecule has 0 saturated heterocycles. The number of amides is 1. The van der Waals surface area contributed by atoms with Crippen LogP contribution in [0.15, 0.2) is 41.7 Å². The van der Waals surface area contributed by atoms with Gasteiger partial charge in [-0.1, -0.05) is 6.08 Å². The highest BCUT2D eigenvalue weighted by Crippen LogP contribution is 2.14. The highest BCUT2D eigenvalue weighted by atomic mass is 19.1. The smallest absolute Gasteiger partial charge is 0.265 e. The summed E-state index contributed by atoms with van der Waals surface area (Å²) in [5, 5.41) is 0.692. The maximum Gasteiger partial charge on any atom is 0.265 e. The van der Waals surface area contributed by atoms with Gasteiger partial charge in [-0.3, -0.25) is 14.2 Å². The number of hydrogen-bond acceptors (Lipinski definition) is 2. The summed E-state index contributed by atoms with van der Waals surface area (Å²) in [6.07, 6.45) is 1.49. The number of allylic oxidation sites excluding steroid dienone is 1. The summed E-state index contributed by atoms with van der Waals surface area (Å²) in [7, 11) is 0. The predicted molar refractivity (Wildman–Crippen MR) is 66.9 cm³/mol. The quantitative estimate of drug-likeness (QED) is 0.832. The summed E-state index contributed by atoms with van der Waals surface area (Å²) in [5.74, 6) is -1.21. The van der Waals surface area contributed by atoms with Crippen LogP contribution in [-0.2, 0) is 6.54 Å². The Labute approximate surface area is 102 Å². The fourth-order valence-electron chi connectivity index (χ4n) is 1.84. The van der Waals surface area contributed by atoms with Gasteiger partial charge >= 0.3 is 0 Å². The first-order valence-corrected chi connectivity index (χ1v) is 5.28. The number of nitrogens with zero attached hydrogens (tertiary/aromatic N) is 1. The third-order valence-corrected chi connectivity index (χ3v) is 2.64. The SMILES string of the molecule is C=CCn1c(C(N)=O)cc2cc(F)ccc2c1=O. The van der Waals surface area contributed by atoms with Crippen LogP contribution in [-0.4, -0.2) is 10.5 Å². The standard InChI is InChI=1S/C13H11FN2O2/c1-2-5-16-11(12(15)17)7-8-6-9(14)3-4-10(8)13(16)18/h2-4,6-7H,1,5H2,(H2,15,17). The highest BCUT2D eigenvalue weighted by molar-refractivity contribution is 5.95. The van der Waals surface area contributed by atoms with Gasteiger partial charge in [-0.2, -0.15) is 0 Å². The molecule has 0 aliphatic heterocycles. The number of rotatable bonds is 3. The Morgan fingerprint density at radius 3 is 2.78 bits per heavy atom. The fourth-order valence-corrected chi connectivity index (χ4v) is 1.84. The second-order valence-corrected chi connectivity index (χ2v) is 3.83. The van der Waals surface area contributed by atoms with Gasteiger partial charge < -0.3 is 5.73 Å². The minimum Gasteiger partial charge on any atom is -0.364 e. The van der Waals surface area contributed by atoms with Gasteiger partial charge in [0.2, 0.25) is 0 Å². The molecule has 0 atom stereocenters. The Morgan fingerprint density at radius 1 is 1.44 bits per heavy atom. The van der Waals surface area contributed by atoms with E-state index in [1.165, 1.54) is 34.9 Å². The van der Waals surface area contributed by atoms with E-state index in [1.54, 1.807) is 0 Å². The lowest BCUT2D eigenvalue weighted by Gasteiger charge is -2.10. The van der Waals surface area contributed by atoms with Crippen LogP contribution < -0.4 is 11.3 Å². The number of carbonyl (C=O) groups is 1. The van der Waals surface area contributed by atoms with Crippen molar-refractivity contribution in [3.05, 3.63) is 58.8 Å². The van der Waals surface area contributed by atoms with Crippen LogP contribution in [0.25, 0.3) is 10.8 Å². The summed E-state index contributed by atoms with van der Waals surface area (Å²) in [6.45, 7) is 3.69. The number of primary amides is 1. The first kappa shape index (κ1) is 12.0. The fraction of sp³-hybridized carbons (Fsp3) is 0.0769. The number of halogens is 1. The van der Waals surface area contributed by atoms with Crippen molar-refractivity contribution in [2.45, 2.75) is 6.54 Å². The van der Waals surface area contributed by atoms with E-state index in [2.05, 4.69) is 6.58 Å². The first-order chi connectivity index (χ1) is 8.54. The minimum absolute atomic E-state index is 0.0398. The van der Waals surface area contributed by atoms with Gasteiger partial charge in [-0.25, -0.2) is 4.39 Å². The molecule has 18 heavy (non-hydrogen) atoms. The summed E-state index contributed by atoms with van der Waals surface area (Å²) < 4.78 is 14.3. The molecule has 1 aromatic carbocycles. The molecule has 0 bridgehead atoms. The molecule has 2 rings (SSSR count). The van der Waals surface area contributed by atoms with Crippen molar-refractivity contribution < 1.29 is 9.18 Å². The molecule has 92 valence electrons. The number of aromatic nitrogens is 1. The molecule has 0 aliphatic carbocycles. The first-order valence-electron chi connectivity index (χ1n) is 5.28. The third kappa shape index (κ3) is 1.90. The van der Waals surface area contributed by atoms with Crippen LogP contribution >= 0.6 is 0 Å². The molecule has 0 aliphatic rings. The molecule has 1 amide bonds. The zero-order valence-corrected chi connectivity index (χ0v) is 9.52. The Morgan fingerprint density at radius 2 is 2.17 bits per heavy atom. The summed E-state index contributed by atoms with van der Waals surface area (Å²) in [6, 6.07) is 5.19. The van der Waals surface area contributed by atoms with Gasteiger partial charge in [0.15, 0.2) is 0 Å². The van der Waals surface area contributed by atoms with Crippen LogP contribution in [0.1, 0.15) is 10.5 Å². The summed E-state index contributed by atoms with van der Waals surface area (Å²) in [4.78, 5) is 23.5. The van der Waals surface area contributed by atoms with Crippen LogP contribution in [0.4, 0.5) is 4.39 Å². The zero-order valence-electron chi connectivity index (χ0n) is 9.52. The van der Waals surface area contributed by atoms with Crippen molar-refractivity contribution in [1.29, 1.82) is 0 Å². The molecule has 0 unspecified atom stereocenters. The maximum absolute atomic E-state index is 13.1. The Balaban J connectivity index is 2.89. The van der Waals surface area contributed by atoms with E-state index in [-0.39, 0.29) is 17.8 Å². The molecule has 1 aromatic heterocycles. The number of carbonyl (C=O) groups excluding carboxylic acids is 1. The minimum atomic E-state index is -0.736. The summed E-state index contributed by atoms with van der Waals surface area (Å²) >= 11 is 0. The van der Waals surface area contributed by atoms with Crippen LogP contribution in [0, 0.1) is 5.82 Å². The van der Waals surface area contributed by atoms with Crippen molar-refractivity contribution in [1.82, 2.24) is 4.57 Å². The molecule has 2 aromatic rings. The molecule has 4 nitrogen and oxygen atoms in total. The third-order valence-electron chi connectivity index (χ3n) is 2.64. The zero-order chi connectivity index (χ0) is 13.3. The van der Waals surface area contributed by atoms with Crippen molar-refractivity contribution in [3.63, 3.8) is 0 Å². The topological polar surface area (TPSA) is 65.1 Å². The van der Waals surface area contributed by atoms with E-state index < -0.39 is 11.7 Å². The highest BCUT2D eigenvalue weighted by Gasteiger charge is 2.12. The molecular formula is C13H11FN2O2. The van der Waals surface area contributed by atoms with Crippen LogP contribution in [0.5, 0.6) is 0 Å². The van der Waals surface area contributed by atoms with Gasteiger partial charge in [-0.05, 0) is 29.7 Å². The summed E-state index contributed by atoms with van der Waals surface area (Å²) in [5.41, 5.74) is 4.87. The number of pyridine rings is 1. The van der Waals surface area contributed by atoms with E-state index >= 15 is 0 Å². The maximum atomic E-state index is 13.1. The molecule has 0 spiro atoms. The molecule has 5 heteroatoms. The van der Waals surface area contributed by atoms with Crippen LogP contribution in [0.3, 0.4) is 0 Å². The largest absolute Gasteiger partial charge is 0.364 e. The van der Waals surface area contributed by atoms with Gasteiger partial charge in [0, 0.05) is 11.9 Å². The lowest BCUT2D eigenvalue weighted by molar-refractivity contribution is 0.0991. The van der Waals surface area contributed by atoms with Crippen molar-refractivity contribution in [2.75, 3.05) is 0 Å². The van der Waals surface area contributed by atoms with Gasteiger partial charge in [-0.15, -0.1) is 6.58 Å². The molecule has 0 fully saturated rings. The van der Waals surface area contributed by atoms with E-state index in [9.17, 15) is 14.0 Å². The second-order valence-electron chi connectivity index (χ2n) is 3.83. The molecule has 2 N–H and O–H groups in total. The number of benzene rings is 1. The Hall–Kier alpha value is -2.43. The molecule has 0 radical (unpaired) electrons. The predicted octanol–water partition coefficient (Wildman–Crippen LogP) is 1.43. The number of hydrogen-bond donors (Lipinski definition) is 1. The van der Waals surface area contributed by atoms with Gasteiger partial charge in [0.05, 0.1) is 0 Å². The van der Waals surface area contributed by atoms with Gasteiger partial charge in [0.1, 0.15) is 11.5 Å². The van der Waals surface area contributed by atoms with E-state index in [0.29, 0.717) is 10.8 Å². The van der Waals surface area contributed by atoms with Crippen molar-refractivity contribution >= 4 is 16.7 Å². The average Bonchev–Trinajstić information content (AvgIpc) is 2.32. The average molecular weight is 246 g/mol. The van der Waals surface area contributed by atoms with E-state index in [0.717, 1.165) is 0 Å². The monoisotopic (exact) mass is 246 g/mol. The number of fused-ring (bicyclic) bond motifs is 1. The van der Waals surface area contributed by atoms with Gasteiger partial charge in [0.25, 0.3) is 11.5 Å². The number of nitrogens with two attached hydrogens (primary N) is 1. The van der Waals surface area contributed by atoms with E-state index in [1.807, 2.05) is 0 Å². The Bertz CT molecular complexity index is 704. The normalized spacial score (nSPS) is 10.5. The lowest BCUT2D eigenvalue weighted by atomic mass is 10.1.